The van der Waals surface area contributed by atoms with Crippen LogP contribution < -0.4 is 10.7 Å². The summed E-state index contributed by atoms with van der Waals surface area (Å²) < 4.78 is 0.979. The van der Waals surface area contributed by atoms with Crippen LogP contribution in [-0.2, 0) is 4.79 Å². The largest absolute Gasteiger partial charge is 0.507 e. The van der Waals surface area contributed by atoms with Gasteiger partial charge in [0.2, 0.25) is 0 Å². The van der Waals surface area contributed by atoms with Crippen molar-refractivity contribution in [2.45, 2.75) is 19.4 Å². The quantitative estimate of drug-likeness (QED) is 0.534. The molecule has 0 fully saturated rings. The number of anilines is 1. The maximum Gasteiger partial charge on any atom is 0.262 e. The van der Waals surface area contributed by atoms with Gasteiger partial charge < -0.3 is 10.4 Å². The predicted octanol–water partition coefficient (Wildman–Crippen LogP) is 3.50. The SMILES string of the molecule is CC[C@@H](Nc1ccc(Br)cc1)C(=O)N/N=C\c1ccccc1O. The summed E-state index contributed by atoms with van der Waals surface area (Å²) in [5.74, 6) is -0.118. The fourth-order valence-electron chi connectivity index (χ4n) is 1.94. The van der Waals surface area contributed by atoms with Crippen LogP contribution in [0, 0.1) is 0 Å². The number of aromatic hydroxyl groups is 1. The van der Waals surface area contributed by atoms with Crippen LogP contribution in [0.3, 0.4) is 0 Å². The number of nitrogens with one attached hydrogen (secondary N) is 2. The number of para-hydroxylation sites is 1. The van der Waals surface area contributed by atoms with Gasteiger partial charge in [-0.15, -0.1) is 0 Å². The standard InChI is InChI=1S/C17H18BrN3O2/c1-2-15(20-14-9-7-13(18)8-10-14)17(23)21-19-11-12-5-3-4-6-16(12)22/h3-11,15,20,22H,2H2,1H3,(H,21,23)/b19-11-/t15-/m1/s1. The lowest BCUT2D eigenvalue weighted by Crippen LogP contribution is -2.36. The lowest BCUT2D eigenvalue weighted by molar-refractivity contribution is -0.121. The van der Waals surface area contributed by atoms with E-state index in [1.807, 2.05) is 31.2 Å². The van der Waals surface area contributed by atoms with Gasteiger partial charge in [0.05, 0.1) is 6.21 Å². The molecular formula is C17H18BrN3O2. The number of phenols is 1. The van der Waals surface area contributed by atoms with E-state index in [1.165, 1.54) is 6.21 Å². The summed E-state index contributed by atoms with van der Waals surface area (Å²) in [5, 5.41) is 16.7. The Bertz CT molecular complexity index is 686. The number of rotatable bonds is 6. The van der Waals surface area contributed by atoms with E-state index in [0.29, 0.717) is 12.0 Å². The molecule has 3 N–H and O–H groups in total. The molecule has 120 valence electrons. The molecular weight excluding hydrogens is 358 g/mol. The second-order valence-corrected chi connectivity index (χ2v) is 5.82. The Balaban J connectivity index is 1.95. The maximum atomic E-state index is 12.2. The summed E-state index contributed by atoms with van der Waals surface area (Å²) in [6, 6.07) is 14.0. The van der Waals surface area contributed by atoms with E-state index in [9.17, 15) is 9.90 Å². The normalized spacial score (nSPS) is 12.1. The average molecular weight is 376 g/mol. The van der Waals surface area contributed by atoms with Crippen LogP contribution in [0.2, 0.25) is 0 Å². The minimum absolute atomic E-state index is 0.116. The molecule has 0 saturated heterocycles. The number of amides is 1. The van der Waals surface area contributed by atoms with Gasteiger partial charge in [-0.05, 0) is 42.8 Å². The second-order valence-electron chi connectivity index (χ2n) is 4.91. The zero-order chi connectivity index (χ0) is 16.7. The van der Waals surface area contributed by atoms with Gasteiger partial charge in [-0.25, -0.2) is 5.43 Å². The van der Waals surface area contributed by atoms with Gasteiger partial charge in [0.15, 0.2) is 0 Å². The number of benzene rings is 2. The Morgan fingerprint density at radius 2 is 1.96 bits per heavy atom. The first-order chi connectivity index (χ1) is 11.1. The lowest BCUT2D eigenvalue weighted by atomic mass is 10.2. The van der Waals surface area contributed by atoms with E-state index >= 15 is 0 Å². The molecule has 2 aromatic carbocycles. The van der Waals surface area contributed by atoms with Gasteiger partial charge >= 0.3 is 0 Å². The topological polar surface area (TPSA) is 73.7 Å². The first-order valence-electron chi connectivity index (χ1n) is 7.23. The summed E-state index contributed by atoms with van der Waals surface area (Å²) in [4.78, 5) is 12.2. The summed E-state index contributed by atoms with van der Waals surface area (Å²) >= 11 is 3.37. The molecule has 5 nitrogen and oxygen atoms in total. The van der Waals surface area contributed by atoms with Crippen molar-refractivity contribution in [3.8, 4) is 5.75 Å². The van der Waals surface area contributed by atoms with Crippen molar-refractivity contribution in [3.05, 3.63) is 58.6 Å². The number of hydrogen-bond donors (Lipinski definition) is 3. The smallest absolute Gasteiger partial charge is 0.262 e. The third-order valence-corrected chi connectivity index (χ3v) is 3.75. The van der Waals surface area contributed by atoms with E-state index < -0.39 is 6.04 Å². The monoisotopic (exact) mass is 375 g/mol. The Morgan fingerprint density at radius 1 is 1.26 bits per heavy atom. The zero-order valence-corrected chi connectivity index (χ0v) is 14.2. The molecule has 0 aliphatic carbocycles. The fraction of sp³-hybridized carbons (Fsp3) is 0.176. The molecule has 1 amide bonds. The lowest BCUT2D eigenvalue weighted by Gasteiger charge is -2.16. The van der Waals surface area contributed by atoms with Gasteiger partial charge in [-0.3, -0.25) is 4.79 Å². The van der Waals surface area contributed by atoms with Crippen molar-refractivity contribution in [2.24, 2.45) is 5.10 Å². The van der Waals surface area contributed by atoms with Crippen LogP contribution in [0.15, 0.2) is 58.1 Å². The first kappa shape index (κ1) is 17.0. The second kappa shape index (κ2) is 8.33. The molecule has 0 radical (unpaired) electrons. The minimum Gasteiger partial charge on any atom is -0.507 e. The van der Waals surface area contributed by atoms with Gasteiger partial charge in [-0.1, -0.05) is 35.0 Å². The van der Waals surface area contributed by atoms with E-state index in [-0.39, 0.29) is 11.7 Å². The van der Waals surface area contributed by atoms with Crippen LogP contribution >= 0.6 is 15.9 Å². The average Bonchev–Trinajstić information content (AvgIpc) is 2.56. The minimum atomic E-state index is -0.391. The van der Waals surface area contributed by atoms with Crippen molar-refractivity contribution in [3.63, 3.8) is 0 Å². The van der Waals surface area contributed by atoms with Crippen molar-refractivity contribution < 1.29 is 9.90 Å². The van der Waals surface area contributed by atoms with Crippen molar-refractivity contribution in [2.75, 3.05) is 5.32 Å². The Hall–Kier alpha value is -2.34. The maximum absolute atomic E-state index is 12.2. The number of nitrogens with zero attached hydrogens (tertiary/aromatic N) is 1. The van der Waals surface area contributed by atoms with Crippen LogP contribution in [0.25, 0.3) is 0 Å². The molecule has 6 heteroatoms. The highest BCUT2D eigenvalue weighted by atomic mass is 79.9. The molecule has 0 saturated carbocycles. The zero-order valence-electron chi connectivity index (χ0n) is 12.7. The van der Waals surface area contributed by atoms with Gasteiger partial charge in [0.25, 0.3) is 5.91 Å². The summed E-state index contributed by atoms with van der Waals surface area (Å²) in [7, 11) is 0. The number of halogens is 1. The first-order valence-corrected chi connectivity index (χ1v) is 8.02. The molecule has 0 aliphatic rings. The third-order valence-electron chi connectivity index (χ3n) is 3.22. The summed E-state index contributed by atoms with van der Waals surface area (Å²) in [6.45, 7) is 1.92. The van der Waals surface area contributed by atoms with E-state index in [1.54, 1.807) is 24.3 Å². The molecule has 0 bridgehead atoms. The third kappa shape index (κ3) is 5.10. The Morgan fingerprint density at radius 3 is 2.61 bits per heavy atom. The predicted molar refractivity (Wildman–Crippen MR) is 95.7 cm³/mol. The van der Waals surface area contributed by atoms with Crippen LogP contribution in [0.5, 0.6) is 5.75 Å². The molecule has 0 aromatic heterocycles. The number of carbonyl (C=O) groups is 1. The Labute approximate surface area is 143 Å². The van der Waals surface area contributed by atoms with Crippen molar-refractivity contribution in [1.82, 2.24) is 5.43 Å². The molecule has 2 rings (SSSR count). The molecule has 0 spiro atoms. The van der Waals surface area contributed by atoms with Gasteiger partial charge in [0.1, 0.15) is 11.8 Å². The van der Waals surface area contributed by atoms with Crippen molar-refractivity contribution in [1.29, 1.82) is 0 Å². The number of hydrogen-bond acceptors (Lipinski definition) is 4. The molecule has 0 aliphatic heterocycles. The number of phenolic OH excluding ortho intramolecular Hbond substituents is 1. The molecule has 23 heavy (non-hydrogen) atoms. The molecule has 1 atom stereocenters. The summed E-state index contributed by atoms with van der Waals surface area (Å²) in [5.41, 5.74) is 3.89. The fourth-order valence-corrected chi connectivity index (χ4v) is 2.20. The van der Waals surface area contributed by atoms with Crippen LogP contribution in [0.1, 0.15) is 18.9 Å². The summed E-state index contributed by atoms with van der Waals surface area (Å²) in [6.07, 6.45) is 2.04. The van der Waals surface area contributed by atoms with Crippen LogP contribution in [-0.4, -0.2) is 23.3 Å². The number of carbonyl (C=O) groups excluding carboxylic acids is 1. The van der Waals surface area contributed by atoms with Gasteiger partial charge in [-0.2, -0.15) is 5.10 Å². The Kier molecular flexibility index (Phi) is 6.17. The highest BCUT2D eigenvalue weighted by molar-refractivity contribution is 9.10. The van der Waals surface area contributed by atoms with E-state index in [0.717, 1.165) is 10.2 Å². The number of hydrazone groups is 1. The molecule has 2 aromatic rings. The van der Waals surface area contributed by atoms with E-state index in [4.69, 9.17) is 0 Å². The highest BCUT2D eigenvalue weighted by Crippen LogP contribution is 2.16. The highest BCUT2D eigenvalue weighted by Gasteiger charge is 2.15. The molecule has 0 unspecified atom stereocenters. The molecule has 0 heterocycles. The van der Waals surface area contributed by atoms with Crippen molar-refractivity contribution >= 4 is 33.7 Å². The van der Waals surface area contributed by atoms with E-state index in [2.05, 4.69) is 31.8 Å². The van der Waals surface area contributed by atoms with Gasteiger partial charge in [0, 0.05) is 15.7 Å². The van der Waals surface area contributed by atoms with Crippen LogP contribution in [0.4, 0.5) is 5.69 Å².